The number of para-hydroxylation sites is 1. The SMILES string of the molecule is CC(C)NC[C@@H]1CCc2ccccc2O1.Cl. The molecule has 90 valence electrons. The van der Waals surface area contributed by atoms with Crippen LogP contribution in [0.4, 0.5) is 0 Å². The maximum absolute atomic E-state index is 5.92. The van der Waals surface area contributed by atoms with Crippen molar-refractivity contribution >= 4 is 12.4 Å². The van der Waals surface area contributed by atoms with Crippen molar-refractivity contribution in [2.24, 2.45) is 0 Å². The van der Waals surface area contributed by atoms with Crippen LogP contribution in [0.15, 0.2) is 24.3 Å². The van der Waals surface area contributed by atoms with Gasteiger partial charge in [0.25, 0.3) is 0 Å². The summed E-state index contributed by atoms with van der Waals surface area (Å²) >= 11 is 0. The summed E-state index contributed by atoms with van der Waals surface area (Å²) in [6.45, 7) is 5.28. The maximum atomic E-state index is 5.92. The van der Waals surface area contributed by atoms with Crippen LogP contribution < -0.4 is 10.1 Å². The van der Waals surface area contributed by atoms with E-state index >= 15 is 0 Å². The molecule has 0 radical (unpaired) electrons. The third-order valence-corrected chi connectivity index (χ3v) is 2.76. The Morgan fingerprint density at radius 2 is 2.12 bits per heavy atom. The minimum Gasteiger partial charge on any atom is -0.489 e. The van der Waals surface area contributed by atoms with Gasteiger partial charge in [0.05, 0.1) is 0 Å². The van der Waals surface area contributed by atoms with E-state index in [9.17, 15) is 0 Å². The Morgan fingerprint density at radius 1 is 1.38 bits per heavy atom. The van der Waals surface area contributed by atoms with Gasteiger partial charge >= 0.3 is 0 Å². The van der Waals surface area contributed by atoms with Gasteiger partial charge in [0.15, 0.2) is 0 Å². The highest BCUT2D eigenvalue weighted by Crippen LogP contribution is 2.26. The number of fused-ring (bicyclic) bond motifs is 1. The number of benzene rings is 1. The van der Waals surface area contributed by atoms with Gasteiger partial charge in [-0.15, -0.1) is 12.4 Å². The Bertz CT molecular complexity index is 327. The van der Waals surface area contributed by atoms with Crippen LogP contribution in [-0.2, 0) is 6.42 Å². The summed E-state index contributed by atoms with van der Waals surface area (Å²) in [6, 6.07) is 8.87. The monoisotopic (exact) mass is 241 g/mol. The van der Waals surface area contributed by atoms with Crippen LogP contribution in [0, 0.1) is 0 Å². The molecule has 1 heterocycles. The summed E-state index contributed by atoms with van der Waals surface area (Å²) < 4.78 is 5.92. The normalized spacial score (nSPS) is 18.6. The third-order valence-electron chi connectivity index (χ3n) is 2.76. The second kappa shape index (κ2) is 6.12. The summed E-state index contributed by atoms with van der Waals surface area (Å²) in [5.41, 5.74) is 1.35. The predicted octanol–water partition coefficient (Wildman–Crippen LogP) is 2.80. The third kappa shape index (κ3) is 3.39. The van der Waals surface area contributed by atoms with Gasteiger partial charge < -0.3 is 10.1 Å². The molecule has 0 fully saturated rings. The minimum absolute atomic E-state index is 0. The molecule has 0 saturated carbocycles. The summed E-state index contributed by atoms with van der Waals surface area (Å²) in [4.78, 5) is 0. The topological polar surface area (TPSA) is 21.3 Å². The van der Waals surface area contributed by atoms with Crippen molar-refractivity contribution in [2.45, 2.75) is 38.8 Å². The fraction of sp³-hybridized carbons (Fsp3) is 0.538. The first-order valence-electron chi connectivity index (χ1n) is 5.73. The predicted molar refractivity (Wildman–Crippen MR) is 69.6 cm³/mol. The number of aryl methyl sites for hydroxylation is 1. The number of ether oxygens (including phenoxy) is 1. The van der Waals surface area contributed by atoms with E-state index in [0.717, 1.165) is 25.1 Å². The fourth-order valence-electron chi connectivity index (χ4n) is 1.89. The summed E-state index contributed by atoms with van der Waals surface area (Å²) in [5.74, 6) is 1.07. The van der Waals surface area contributed by atoms with Crippen LogP contribution in [0.2, 0.25) is 0 Å². The Morgan fingerprint density at radius 3 is 2.88 bits per heavy atom. The maximum Gasteiger partial charge on any atom is 0.122 e. The molecule has 1 atom stereocenters. The molecule has 3 heteroatoms. The van der Waals surface area contributed by atoms with Gasteiger partial charge in [0.2, 0.25) is 0 Å². The number of hydrogen-bond donors (Lipinski definition) is 1. The van der Waals surface area contributed by atoms with Crippen molar-refractivity contribution in [1.82, 2.24) is 5.32 Å². The van der Waals surface area contributed by atoms with Gasteiger partial charge in [-0.05, 0) is 24.5 Å². The number of hydrogen-bond acceptors (Lipinski definition) is 2. The van der Waals surface area contributed by atoms with E-state index in [2.05, 4.69) is 37.4 Å². The first kappa shape index (κ1) is 13.3. The van der Waals surface area contributed by atoms with Gasteiger partial charge in [-0.1, -0.05) is 32.0 Å². The largest absolute Gasteiger partial charge is 0.489 e. The molecule has 16 heavy (non-hydrogen) atoms. The van der Waals surface area contributed by atoms with Gasteiger partial charge in [-0.3, -0.25) is 0 Å². The van der Waals surface area contributed by atoms with Crippen molar-refractivity contribution < 1.29 is 4.74 Å². The highest BCUT2D eigenvalue weighted by Gasteiger charge is 2.18. The van der Waals surface area contributed by atoms with Crippen molar-refractivity contribution in [3.63, 3.8) is 0 Å². The first-order valence-corrected chi connectivity index (χ1v) is 5.73. The van der Waals surface area contributed by atoms with E-state index in [0.29, 0.717) is 12.1 Å². The lowest BCUT2D eigenvalue weighted by atomic mass is 10.0. The van der Waals surface area contributed by atoms with Crippen molar-refractivity contribution in [3.8, 4) is 5.75 Å². The van der Waals surface area contributed by atoms with E-state index < -0.39 is 0 Å². The van der Waals surface area contributed by atoms with Crippen LogP contribution in [-0.4, -0.2) is 18.7 Å². The number of halogens is 1. The van der Waals surface area contributed by atoms with Crippen molar-refractivity contribution in [3.05, 3.63) is 29.8 Å². The number of rotatable bonds is 3. The van der Waals surface area contributed by atoms with Crippen LogP contribution >= 0.6 is 12.4 Å². The van der Waals surface area contributed by atoms with Crippen molar-refractivity contribution in [1.29, 1.82) is 0 Å². The second-order valence-electron chi connectivity index (χ2n) is 4.45. The van der Waals surface area contributed by atoms with E-state index in [-0.39, 0.29) is 12.4 Å². The molecule has 0 aromatic heterocycles. The molecule has 2 nitrogen and oxygen atoms in total. The first-order chi connectivity index (χ1) is 7.25. The van der Waals surface area contributed by atoms with E-state index in [1.54, 1.807) is 0 Å². The summed E-state index contributed by atoms with van der Waals surface area (Å²) in [5, 5.41) is 3.42. The molecule has 1 aliphatic heterocycles. The Kier molecular flexibility index (Phi) is 5.10. The number of nitrogens with one attached hydrogen (secondary N) is 1. The Labute approximate surface area is 104 Å². The zero-order valence-corrected chi connectivity index (χ0v) is 10.7. The molecule has 0 saturated heterocycles. The molecule has 0 spiro atoms. The summed E-state index contributed by atoms with van der Waals surface area (Å²) in [6.07, 6.45) is 2.60. The average Bonchev–Trinajstić information content (AvgIpc) is 2.26. The lowest BCUT2D eigenvalue weighted by Gasteiger charge is -2.26. The second-order valence-corrected chi connectivity index (χ2v) is 4.45. The van der Waals surface area contributed by atoms with Crippen LogP contribution in [0.5, 0.6) is 5.75 Å². The molecule has 1 aromatic carbocycles. The molecular formula is C13H20ClNO. The van der Waals surface area contributed by atoms with Crippen LogP contribution in [0.1, 0.15) is 25.8 Å². The molecule has 0 bridgehead atoms. The average molecular weight is 242 g/mol. The molecule has 1 aliphatic rings. The van der Waals surface area contributed by atoms with E-state index in [1.807, 2.05) is 6.07 Å². The minimum atomic E-state index is 0. The Hall–Kier alpha value is -0.730. The van der Waals surface area contributed by atoms with Crippen molar-refractivity contribution in [2.75, 3.05) is 6.54 Å². The van der Waals surface area contributed by atoms with E-state index in [4.69, 9.17) is 4.74 Å². The van der Waals surface area contributed by atoms with Crippen LogP contribution in [0.3, 0.4) is 0 Å². The lowest BCUT2D eigenvalue weighted by molar-refractivity contribution is 0.168. The van der Waals surface area contributed by atoms with E-state index in [1.165, 1.54) is 5.56 Å². The quantitative estimate of drug-likeness (QED) is 0.879. The zero-order valence-electron chi connectivity index (χ0n) is 9.90. The highest BCUT2D eigenvalue weighted by molar-refractivity contribution is 5.85. The molecule has 0 aliphatic carbocycles. The van der Waals surface area contributed by atoms with Gasteiger partial charge in [0, 0.05) is 12.6 Å². The zero-order chi connectivity index (χ0) is 10.7. The standard InChI is InChI=1S/C13H19NO.ClH/c1-10(2)14-9-12-8-7-11-5-3-4-6-13(11)15-12;/h3-6,10,12,14H,7-9H2,1-2H3;1H/t12-;/m0./s1. The lowest BCUT2D eigenvalue weighted by Crippen LogP contribution is -2.37. The molecular weight excluding hydrogens is 222 g/mol. The highest BCUT2D eigenvalue weighted by atomic mass is 35.5. The van der Waals surface area contributed by atoms with Crippen LogP contribution in [0.25, 0.3) is 0 Å². The van der Waals surface area contributed by atoms with Gasteiger partial charge in [0.1, 0.15) is 11.9 Å². The molecule has 1 N–H and O–H groups in total. The molecule has 0 amide bonds. The Balaban J connectivity index is 0.00000128. The summed E-state index contributed by atoms with van der Waals surface area (Å²) in [7, 11) is 0. The molecule has 1 aromatic rings. The van der Waals surface area contributed by atoms with Gasteiger partial charge in [-0.25, -0.2) is 0 Å². The molecule has 0 unspecified atom stereocenters. The van der Waals surface area contributed by atoms with Gasteiger partial charge in [-0.2, -0.15) is 0 Å². The smallest absolute Gasteiger partial charge is 0.122 e. The molecule has 2 rings (SSSR count). The fourth-order valence-corrected chi connectivity index (χ4v) is 1.89.